The van der Waals surface area contributed by atoms with Crippen LogP contribution in [0, 0.1) is 0 Å². The van der Waals surface area contributed by atoms with Crippen molar-refractivity contribution < 1.29 is 14.2 Å². The van der Waals surface area contributed by atoms with Gasteiger partial charge in [0.1, 0.15) is 0 Å². The molecule has 0 aliphatic rings. The molecule has 0 aliphatic carbocycles. The molecule has 1 rings (SSSR count). The third-order valence-corrected chi connectivity index (χ3v) is 3.62. The van der Waals surface area contributed by atoms with Crippen LogP contribution in [0.4, 0.5) is 0 Å². The molecule has 6 nitrogen and oxygen atoms in total. The quantitative estimate of drug-likeness (QED) is 0.456. The van der Waals surface area contributed by atoms with E-state index in [0.29, 0.717) is 39.6 Å². The lowest BCUT2D eigenvalue weighted by Crippen LogP contribution is -2.12. The molecule has 0 saturated carbocycles. The maximum atomic E-state index is 5.45. The molecule has 19 heavy (non-hydrogen) atoms. The highest BCUT2D eigenvalue weighted by molar-refractivity contribution is 9.09. The molecule has 1 heterocycles. The number of halogens is 1. The Bertz CT molecular complexity index is 336. The molecule has 0 bridgehead atoms. The van der Waals surface area contributed by atoms with Crippen molar-refractivity contribution in [3.8, 4) is 0 Å². The summed E-state index contributed by atoms with van der Waals surface area (Å²) in [6.45, 7) is 5.81. The van der Waals surface area contributed by atoms with E-state index in [9.17, 15) is 0 Å². The summed E-state index contributed by atoms with van der Waals surface area (Å²) >= 11 is 3.55. The summed E-state index contributed by atoms with van der Waals surface area (Å²) in [6.07, 6.45) is 2.94. The highest BCUT2D eigenvalue weighted by atomic mass is 79.9. The summed E-state index contributed by atoms with van der Waals surface area (Å²) in [5, 5.41) is 8.16. The monoisotopic (exact) mass is 335 g/mol. The Hall–Kier alpha value is -0.500. The second-order valence-electron chi connectivity index (χ2n) is 4.00. The van der Waals surface area contributed by atoms with E-state index in [1.807, 2.05) is 6.20 Å². The maximum absolute atomic E-state index is 5.45. The number of hydrogen-bond acceptors (Lipinski definition) is 5. The number of aromatic nitrogens is 3. The van der Waals surface area contributed by atoms with Crippen LogP contribution >= 0.6 is 15.9 Å². The maximum Gasteiger partial charge on any atom is 0.0963 e. The fourth-order valence-corrected chi connectivity index (χ4v) is 1.61. The van der Waals surface area contributed by atoms with E-state index in [-0.39, 0.29) is 4.83 Å². The highest BCUT2D eigenvalue weighted by Gasteiger charge is 2.09. The van der Waals surface area contributed by atoms with Crippen LogP contribution < -0.4 is 0 Å². The van der Waals surface area contributed by atoms with Crippen LogP contribution in [-0.2, 0) is 20.8 Å². The minimum absolute atomic E-state index is 0.274. The summed E-state index contributed by atoms with van der Waals surface area (Å²) in [6, 6.07) is 0. The summed E-state index contributed by atoms with van der Waals surface area (Å²) in [5.41, 5.74) is 0.963. The molecule has 1 aromatic heterocycles. The minimum Gasteiger partial charge on any atom is -0.382 e. The molecule has 1 aromatic rings. The van der Waals surface area contributed by atoms with Gasteiger partial charge in [-0.1, -0.05) is 28.1 Å². The van der Waals surface area contributed by atoms with E-state index in [2.05, 4.69) is 33.2 Å². The molecule has 0 amide bonds. The van der Waals surface area contributed by atoms with Gasteiger partial charge in [-0.15, -0.1) is 5.10 Å². The largest absolute Gasteiger partial charge is 0.382 e. The van der Waals surface area contributed by atoms with E-state index >= 15 is 0 Å². The Kier molecular flexibility index (Phi) is 8.98. The molecule has 110 valence electrons. The molecule has 0 aliphatic heterocycles. The van der Waals surface area contributed by atoms with Gasteiger partial charge < -0.3 is 14.2 Å². The van der Waals surface area contributed by atoms with Crippen molar-refractivity contribution in [3.63, 3.8) is 0 Å². The third kappa shape index (κ3) is 7.00. The lowest BCUT2D eigenvalue weighted by atomic mass is 10.3. The Morgan fingerprint density at radius 1 is 1.21 bits per heavy atom. The van der Waals surface area contributed by atoms with Gasteiger partial charge in [0, 0.05) is 13.3 Å². The number of alkyl halides is 1. The van der Waals surface area contributed by atoms with Gasteiger partial charge in [0.05, 0.1) is 50.1 Å². The predicted octanol–water partition coefficient (Wildman–Crippen LogP) is 1.80. The van der Waals surface area contributed by atoms with Crippen LogP contribution in [0.15, 0.2) is 6.20 Å². The molecule has 0 aromatic carbocycles. The Morgan fingerprint density at radius 2 is 1.89 bits per heavy atom. The van der Waals surface area contributed by atoms with Gasteiger partial charge in [-0.05, 0) is 6.42 Å². The van der Waals surface area contributed by atoms with Gasteiger partial charge in [-0.2, -0.15) is 0 Å². The van der Waals surface area contributed by atoms with Gasteiger partial charge in [-0.25, -0.2) is 4.68 Å². The van der Waals surface area contributed by atoms with Crippen molar-refractivity contribution in [1.29, 1.82) is 0 Å². The zero-order valence-electron chi connectivity index (χ0n) is 11.5. The molecule has 0 radical (unpaired) electrons. The van der Waals surface area contributed by atoms with Crippen molar-refractivity contribution in [2.24, 2.45) is 0 Å². The van der Waals surface area contributed by atoms with E-state index in [0.717, 1.165) is 12.1 Å². The van der Waals surface area contributed by atoms with Crippen molar-refractivity contribution in [2.75, 3.05) is 40.1 Å². The smallest absolute Gasteiger partial charge is 0.0963 e. The molecule has 1 unspecified atom stereocenters. The van der Waals surface area contributed by atoms with Crippen molar-refractivity contribution in [3.05, 3.63) is 11.9 Å². The van der Waals surface area contributed by atoms with Crippen molar-refractivity contribution in [2.45, 2.75) is 24.7 Å². The van der Waals surface area contributed by atoms with E-state index in [4.69, 9.17) is 14.2 Å². The van der Waals surface area contributed by atoms with Gasteiger partial charge in [0.2, 0.25) is 0 Å². The van der Waals surface area contributed by atoms with Crippen LogP contribution in [0.25, 0.3) is 0 Å². The molecule has 0 N–H and O–H groups in total. The second-order valence-corrected chi connectivity index (χ2v) is 5.11. The first kappa shape index (κ1) is 16.6. The van der Waals surface area contributed by atoms with Gasteiger partial charge in [0.15, 0.2) is 0 Å². The van der Waals surface area contributed by atoms with E-state index < -0.39 is 0 Å². The summed E-state index contributed by atoms with van der Waals surface area (Å²) in [5.74, 6) is 0. The van der Waals surface area contributed by atoms with E-state index in [1.54, 1.807) is 11.8 Å². The standard InChI is InChI=1S/C12H22BrN3O3/c1-3-11(13)12-10-16(15-14-12)4-5-18-8-9-19-7-6-17-2/h10-11H,3-9H2,1-2H3. The Labute approximate surface area is 122 Å². The molecule has 1 atom stereocenters. The van der Waals surface area contributed by atoms with E-state index in [1.165, 1.54) is 0 Å². The summed E-state index contributed by atoms with van der Waals surface area (Å²) < 4.78 is 17.4. The summed E-state index contributed by atoms with van der Waals surface area (Å²) in [7, 11) is 1.66. The molecule has 0 saturated heterocycles. The SMILES string of the molecule is CCC(Br)c1cn(CCOCCOCCOC)nn1. The molecule has 0 spiro atoms. The van der Waals surface area contributed by atoms with Crippen molar-refractivity contribution >= 4 is 15.9 Å². The first-order chi connectivity index (χ1) is 9.27. The molecule has 7 heteroatoms. The van der Waals surface area contributed by atoms with Gasteiger partial charge >= 0.3 is 0 Å². The minimum atomic E-state index is 0.274. The average molecular weight is 336 g/mol. The number of nitrogens with zero attached hydrogens (tertiary/aromatic N) is 3. The molecular weight excluding hydrogens is 314 g/mol. The topological polar surface area (TPSA) is 58.4 Å². The van der Waals surface area contributed by atoms with Crippen LogP contribution in [0.5, 0.6) is 0 Å². The van der Waals surface area contributed by atoms with Crippen LogP contribution in [0.3, 0.4) is 0 Å². The van der Waals surface area contributed by atoms with Gasteiger partial charge in [-0.3, -0.25) is 0 Å². The Balaban J connectivity index is 2.04. The average Bonchev–Trinajstić information content (AvgIpc) is 2.89. The highest BCUT2D eigenvalue weighted by Crippen LogP contribution is 2.23. The summed E-state index contributed by atoms with van der Waals surface area (Å²) in [4.78, 5) is 0.274. The predicted molar refractivity (Wildman–Crippen MR) is 75.5 cm³/mol. The number of methoxy groups -OCH3 is 1. The third-order valence-electron chi connectivity index (χ3n) is 2.50. The van der Waals surface area contributed by atoms with Crippen LogP contribution in [0.2, 0.25) is 0 Å². The molecular formula is C12H22BrN3O3. The fourth-order valence-electron chi connectivity index (χ4n) is 1.40. The normalized spacial score (nSPS) is 12.8. The molecule has 0 fully saturated rings. The van der Waals surface area contributed by atoms with Crippen LogP contribution in [0.1, 0.15) is 23.9 Å². The number of rotatable bonds is 11. The Morgan fingerprint density at radius 3 is 2.58 bits per heavy atom. The lowest BCUT2D eigenvalue weighted by Gasteiger charge is -2.05. The zero-order valence-corrected chi connectivity index (χ0v) is 13.1. The first-order valence-electron chi connectivity index (χ1n) is 6.46. The van der Waals surface area contributed by atoms with Crippen molar-refractivity contribution in [1.82, 2.24) is 15.0 Å². The second kappa shape index (κ2) is 10.3. The van der Waals surface area contributed by atoms with Crippen LogP contribution in [-0.4, -0.2) is 55.1 Å². The first-order valence-corrected chi connectivity index (χ1v) is 7.38. The number of ether oxygens (including phenoxy) is 3. The van der Waals surface area contributed by atoms with Gasteiger partial charge in [0.25, 0.3) is 0 Å². The lowest BCUT2D eigenvalue weighted by molar-refractivity contribution is 0.0224. The fraction of sp³-hybridized carbons (Fsp3) is 0.833. The number of hydrogen-bond donors (Lipinski definition) is 0. The zero-order chi connectivity index (χ0) is 13.9.